The molecular formula is C10H6F4N4O. The van der Waals surface area contributed by atoms with Crippen LogP contribution in [0, 0.1) is 5.82 Å². The van der Waals surface area contributed by atoms with Crippen LogP contribution in [0.4, 0.5) is 17.6 Å². The SMILES string of the molecule is NC(=O)c1cnn(-c2ncccc2F)c1C(F)(F)F. The Hall–Kier alpha value is -2.45. The molecule has 2 aromatic rings. The maximum Gasteiger partial charge on any atom is 0.434 e. The zero-order valence-electron chi connectivity index (χ0n) is 9.15. The van der Waals surface area contributed by atoms with Gasteiger partial charge in [-0.05, 0) is 12.1 Å². The van der Waals surface area contributed by atoms with Crippen LogP contribution in [-0.4, -0.2) is 20.7 Å². The van der Waals surface area contributed by atoms with E-state index >= 15 is 0 Å². The maximum atomic E-state index is 13.4. The summed E-state index contributed by atoms with van der Waals surface area (Å²) in [7, 11) is 0. The maximum absolute atomic E-state index is 13.4. The minimum Gasteiger partial charge on any atom is -0.365 e. The largest absolute Gasteiger partial charge is 0.434 e. The van der Waals surface area contributed by atoms with Gasteiger partial charge in [-0.15, -0.1) is 0 Å². The summed E-state index contributed by atoms with van der Waals surface area (Å²) < 4.78 is 52.4. The van der Waals surface area contributed by atoms with Crippen molar-refractivity contribution < 1.29 is 22.4 Å². The van der Waals surface area contributed by atoms with E-state index < -0.39 is 35.0 Å². The van der Waals surface area contributed by atoms with Gasteiger partial charge in [-0.1, -0.05) is 0 Å². The molecule has 2 N–H and O–H groups in total. The van der Waals surface area contributed by atoms with Crippen molar-refractivity contribution in [3.63, 3.8) is 0 Å². The monoisotopic (exact) mass is 274 g/mol. The summed E-state index contributed by atoms with van der Waals surface area (Å²) in [6, 6.07) is 2.14. The van der Waals surface area contributed by atoms with E-state index in [0.717, 1.165) is 12.3 Å². The summed E-state index contributed by atoms with van der Waals surface area (Å²) in [6.45, 7) is 0. The standard InChI is InChI=1S/C10H6F4N4O/c11-6-2-1-3-16-9(6)18-7(10(12,13)14)5(4-17-18)8(15)19/h1-4H,(H2,15,19). The Bertz CT molecular complexity index is 635. The number of nitrogens with zero attached hydrogens (tertiary/aromatic N) is 3. The Labute approximate surface area is 103 Å². The van der Waals surface area contributed by atoms with Crippen molar-refractivity contribution in [3.05, 3.63) is 41.6 Å². The molecule has 0 saturated carbocycles. The smallest absolute Gasteiger partial charge is 0.365 e. The second-order valence-electron chi connectivity index (χ2n) is 3.49. The Kier molecular flexibility index (Phi) is 2.97. The number of alkyl halides is 3. The minimum atomic E-state index is -4.93. The summed E-state index contributed by atoms with van der Waals surface area (Å²) >= 11 is 0. The van der Waals surface area contributed by atoms with Gasteiger partial charge in [0.15, 0.2) is 17.3 Å². The number of amides is 1. The molecule has 19 heavy (non-hydrogen) atoms. The molecule has 0 aliphatic heterocycles. The molecule has 5 nitrogen and oxygen atoms in total. The molecule has 0 saturated heterocycles. The van der Waals surface area contributed by atoms with E-state index in [0.29, 0.717) is 6.20 Å². The number of carbonyl (C=O) groups is 1. The third-order valence-corrected chi connectivity index (χ3v) is 2.24. The van der Waals surface area contributed by atoms with E-state index in [1.807, 2.05) is 0 Å². The van der Waals surface area contributed by atoms with E-state index in [1.54, 1.807) is 0 Å². The van der Waals surface area contributed by atoms with Gasteiger partial charge in [-0.25, -0.2) is 14.1 Å². The summed E-state index contributed by atoms with van der Waals surface area (Å²) in [5.74, 6) is -2.98. The number of primary amides is 1. The molecule has 0 aromatic carbocycles. The normalized spacial score (nSPS) is 11.6. The van der Waals surface area contributed by atoms with Gasteiger partial charge in [-0.2, -0.15) is 18.3 Å². The van der Waals surface area contributed by atoms with Crippen LogP contribution in [-0.2, 0) is 6.18 Å². The molecule has 0 unspecified atom stereocenters. The fourth-order valence-electron chi connectivity index (χ4n) is 1.50. The molecule has 9 heteroatoms. The van der Waals surface area contributed by atoms with Crippen LogP contribution in [0.15, 0.2) is 24.5 Å². The van der Waals surface area contributed by atoms with Gasteiger partial charge in [0.2, 0.25) is 0 Å². The van der Waals surface area contributed by atoms with Gasteiger partial charge in [0, 0.05) is 6.20 Å². The van der Waals surface area contributed by atoms with Crippen LogP contribution in [0.25, 0.3) is 5.82 Å². The first kappa shape index (κ1) is 13.0. The predicted molar refractivity (Wildman–Crippen MR) is 54.8 cm³/mol. The molecule has 1 amide bonds. The Balaban J connectivity index is 2.73. The first-order valence-corrected chi connectivity index (χ1v) is 4.88. The highest BCUT2D eigenvalue weighted by atomic mass is 19.4. The molecular weight excluding hydrogens is 268 g/mol. The van der Waals surface area contributed by atoms with Crippen molar-refractivity contribution in [2.45, 2.75) is 6.18 Å². The summed E-state index contributed by atoms with van der Waals surface area (Å²) in [4.78, 5) is 14.4. The fraction of sp³-hybridized carbons (Fsp3) is 0.100. The number of aromatic nitrogens is 3. The second kappa shape index (κ2) is 4.34. The van der Waals surface area contributed by atoms with Crippen LogP contribution in [0.5, 0.6) is 0 Å². The van der Waals surface area contributed by atoms with E-state index in [1.165, 1.54) is 6.07 Å². The highest BCUT2D eigenvalue weighted by Crippen LogP contribution is 2.33. The molecule has 0 fully saturated rings. The first-order valence-electron chi connectivity index (χ1n) is 4.88. The van der Waals surface area contributed by atoms with E-state index in [2.05, 4.69) is 10.1 Å². The Morgan fingerprint density at radius 3 is 2.58 bits per heavy atom. The van der Waals surface area contributed by atoms with Crippen LogP contribution in [0.1, 0.15) is 16.1 Å². The van der Waals surface area contributed by atoms with Crippen molar-refractivity contribution in [3.8, 4) is 5.82 Å². The van der Waals surface area contributed by atoms with Crippen LogP contribution in [0.3, 0.4) is 0 Å². The molecule has 0 radical (unpaired) electrons. The van der Waals surface area contributed by atoms with Gasteiger partial charge in [0.05, 0.1) is 11.8 Å². The molecule has 2 aromatic heterocycles. The van der Waals surface area contributed by atoms with Crippen molar-refractivity contribution in [2.75, 3.05) is 0 Å². The third kappa shape index (κ3) is 2.26. The lowest BCUT2D eigenvalue weighted by Crippen LogP contribution is -2.21. The summed E-state index contributed by atoms with van der Waals surface area (Å²) in [6.07, 6.45) is -3.20. The van der Waals surface area contributed by atoms with E-state index in [9.17, 15) is 22.4 Å². The van der Waals surface area contributed by atoms with Gasteiger partial charge < -0.3 is 5.73 Å². The molecule has 0 spiro atoms. The predicted octanol–water partition coefficient (Wildman–Crippen LogP) is 1.52. The number of carbonyl (C=O) groups excluding carboxylic acids is 1. The molecule has 0 atom stereocenters. The average molecular weight is 274 g/mol. The van der Waals surface area contributed by atoms with E-state index in [-0.39, 0.29) is 4.68 Å². The zero-order valence-corrected chi connectivity index (χ0v) is 9.15. The highest BCUT2D eigenvalue weighted by molar-refractivity contribution is 5.94. The molecule has 0 aliphatic carbocycles. The lowest BCUT2D eigenvalue weighted by Gasteiger charge is -2.11. The molecule has 2 heterocycles. The molecule has 2 rings (SSSR count). The van der Waals surface area contributed by atoms with Crippen molar-refractivity contribution in [2.24, 2.45) is 5.73 Å². The molecule has 0 bridgehead atoms. The number of hydrogen-bond acceptors (Lipinski definition) is 3. The lowest BCUT2D eigenvalue weighted by atomic mass is 10.2. The number of pyridine rings is 1. The average Bonchev–Trinajstić information content (AvgIpc) is 2.73. The number of hydrogen-bond donors (Lipinski definition) is 1. The number of nitrogens with two attached hydrogens (primary N) is 1. The summed E-state index contributed by atoms with van der Waals surface area (Å²) in [5, 5.41) is 3.33. The van der Waals surface area contributed by atoms with Gasteiger partial charge in [0.1, 0.15) is 0 Å². The molecule has 0 aliphatic rings. The van der Waals surface area contributed by atoms with Gasteiger partial charge >= 0.3 is 6.18 Å². The minimum absolute atomic E-state index is 0.204. The topological polar surface area (TPSA) is 73.8 Å². The molecule has 100 valence electrons. The van der Waals surface area contributed by atoms with Crippen LogP contribution >= 0.6 is 0 Å². The highest BCUT2D eigenvalue weighted by Gasteiger charge is 2.40. The van der Waals surface area contributed by atoms with Gasteiger partial charge in [0.25, 0.3) is 5.91 Å². The van der Waals surface area contributed by atoms with Crippen LogP contribution < -0.4 is 5.73 Å². The number of rotatable bonds is 2. The van der Waals surface area contributed by atoms with Crippen molar-refractivity contribution >= 4 is 5.91 Å². The fourth-order valence-corrected chi connectivity index (χ4v) is 1.50. The van der Waals surface area contributed by atoms with Crippen molar-refractivity contribution in [1.29, 1.82) is 0 Å². The Morgan fingerprint density at radius 1 is 1.37 bits per heavy atom. The quantitative estimate of drug-likeness (QED) is 0.844. The third-order valence-electron chi connectivity index (χ3n) is 2.24. The van der Waals surface area contributed by atoms with Crippen LogP contribution in [0.2, 0.25) is 0 Å². The number of halogens is 4. The summed E-state index contributed by atoms with van der Waals surface area (Å²) in [5.41, 5.74) is 2.52. The zero-order chi connectivity index (χ0) is 14.2. The second-order valence-corrected chi connectivity index (χ2v) is 3.49. The lowest BCUT2D eigenvalue weighted by molar-refractivity contribution is -0.143. The first-order chi connectivity index (χ1) is 8.82. The Morgan fingerprint density at radius 2 is 2.05 bits per heavy atom. The van der Waals surface area contributed by atoms with E-state index in [4.69, 9.17) is 5.73 Å². The van der Waals surface area contributed by atoms with Gasteiger partial charge in [-0.3, -0.25) is 4.79 Å². The van der Waals surface area contributed by atoms with Crippen molar-refractivity contribution in [1.82, 2.24) is 14.8 Å².